The standard InChI is InChI=1S/C31H34O7/c1-19-22-12-14-30(2)23(29(34)35-4)16-24(38-26(32)11-10-20-8-6-5-7-9-20)27(33)28(30)31(22,3)17-25(37-19)21-13-15-36-18-21/h5-9,13,15-16,18,22-23,25,28H,1,10-12,14,17H2,2-4H3/t22-,23-,25-,28-,30-,31-/m0/s1. The highest BCUT2D eigenvalue weighted by atomic mass is 16.5. The molecule has 2 aromatic rings. The van der Waals surface area contributed by atoms with Crippen molar-refractivity contribution in [2.45, 2.75) is 52.1 Å². The maximum absolute atomic E-state index is 14.2. The van der Waals surface area contributed by atoms with E-state index in [4.69, 9.17) is 18.6 Å². The zero-order chi connectivity index (χ0) is 27.1. The van der Waals surface area contributed by atoms with Gasteiger partial charge in [-0.25, -0.2) is 0 Å². The van der Waals surface area contributed by atoms with Gasteiger partial charge in [0.1, 0.15) is 6.10 Å². The van der Waals surface area contributed by atoms with Crippen molar-refractivity contribution in [1.29, 1.82) is 0 Å². The number of ketones is 1. The first-order chi connectivity index (χ1) is 18.2. The van der Waals surface area contributed by atoms with Crippen LogP contribution < -0.4 is 0 Å². The minimum Gasteiger partial charge on any atom is -0.490 e. The predicted molar refractivity (Wildman–Crippen MR) is 138 cm³/mol. The SMILES string of the molecule is C=C1O[C@H](c2ccoc2)C[C@]2(C)[C@H]3C(=O)C(OC(=O)CCc4ccccc4)=C[C@@H](C(=O)OC)[C@]3(C)CC[C@@H]12. The van der Waals surface area contributed by atoms with Crippen molar-refractivity contribution in [3.63, 3.8) is 0 Å². The van der Waals surface area contributed by atoms with Gasteiger partial charge in [-0.3, -0.25) is 14.4 Å². The highest BCUT2D eigenvalue weighted by Gasteiger charge is 2.65. The van der Waals surface area contributed by atoms with Crippen LogP contribution in [0.3, 0.4) is 0 Å². The third-order valence-corrected chi connectivity index (χ3v) is 8.98. The number of furan rings is 1. The second-order valence-electron chi connectivity index (χ2n) is 11.2. The number of fused-ring (bicyclic) bond motifs is 3. The van der Waals surface area contributed by atoms with Gasteiger partial charge in [0.15, 0.2) is 5.76 Å². The van der Waals surface area contributed by atoms with Gasteiger partial charge in [-0.15, -0.1) is 0 Å². The number of hydrogen-bond acceptors (Lipinski definition) is 7. The van der Waals surface area contributed by atoms with E-state index >= 15 is 0 Å². The summed E-state index contributed by atoms with van der Waals surface area (Å²) in [5.74, 6) is -2.06. The average molecular weight is 519 g/mol. The van der Waals surface area contributed by atoms with E-state index in [1.54, 1.807) is 12.5 Å². The van der Waals surface area contributed by atoms with E-state index in [9.17, 15) is 14.4 Å². The number of esters is 2. The van der Waals surface area contributed by atoms with E-state index in [0.29, 0.717) is 25.0 Å². The number of ether oxygens (including phenoxy) is 3. The Morgan fingerprint density at radius 3 is 2.58 bits per heavy atom. The van der Waals surface area contributed by atoms with E-state index in [1.165, 1.54) is 13.2 Å². The number of aryl methyl sites for hydroxylation is 1. The van der Waals surface area contributed by atoms with E-state index in [2.05, 4.69) is 13.5 Å². The third kappa shape index (κ3) is 4.38. The molecule has 1 aliphatic heterocycles. The number of carbonyl (C=O) groups is 3. The minimum atomic E-state index is -0.728. The van der Waals surface area contributed by atoms with E-state index < -0.39 is 34.6 Å². The van der Waals surface area contributed by atoms with Crippen LogP contribution in [-0.2, 0) is 35.0 Å². The first-order valence-electron chi connectivity index (χ1n) is 13.1. The molecule has 0 amide bonds. The lowest BCUT2D eigenvalue weighted by molar-refractivity contribution is -0.176. The number of carbonyl (C=O) groups excluding carboxylic acids is 3. The van der Waals surface area contributed by atoms with Crippen molar-refractivity contribution in [2.75, 3.05) is 7.11 Å². The highest BCUT2D eigenvalue weighted by Crippen LogP contribution is 2.66. The zero-order valence-electron chi connectivity index (χ0n) is 22.1. The van der Waals surface area contributed by atoms with Crippen LogP contribution in [0.2, 0.25) is 0 Å². The molecule has 1 saturated carbocycles. The van der Waals surface area contributed by atoms with Crippen LogP contribution in [0.25, 0.3) is 0 Å². The minimum absolute atomic E-state index is 0.0697. The van der Waals surface area contributed by atoms with E-state index in [-0.39, 0.29) is 30.0 Å². The summed E-state index contributed by atoms with van der Waals surface area (Å²) in [5.41, 5.74) is 0.563. The van der Waals surface area contributed by atoms with Crippen LogP contribution in [0.15, 0.2) is 77.5 Å². The van der Waals surface area contributed by atoms with E-state index in [1.807, 2.05) is 43.3 Å². The van der Waals surface area contributed by atoms with Gasteiger partial charge in [-0.1, -0.05) is 50.8 Å². The first-order valence-corrected chi connectivity index (χ1v) is 13.1. The van der Waals surface area contributed by atoms with Crippen LogP contribution in [0.5, 0.6) is 0 Å². The molecular formula is C31H34O7. The van der Waals surface area contributed by atoms with Crippen LogP contribution in [-0.4, -0.2) is 24.8 Å². The molecule has 1 aromatic heterocycles. The zero-order valence-corrected chi connectivity index (χ0v) is 22.1. The second kappa shape index (κ2) is 9.93. The summed E-state index contributed by atoms with van der Waals surface area (Å²) in [6.45, 7) is 8.28. The Hall–Kier alpha value is -3.61. The fourth-order valence-electron chi connectivity index (χ4n) is 7.14. The molecule has 0 unspecified atom stereocenters. The summed E-state index contributed by atoms with van der Waals surface area (Å²) in [7, 11) is 1.34. The lowest BCUT2D eigenvalue weighted by Gasteiger charge is -2.60. The number of methoxy groups -OCH3 is 1. The fourth-order valence-corrected chi connectivity index (χ4v) is 7.14. The summed E-state index contributed by atoms with van der Waals surface area (Å²) in [4.78, 5) is 40.1. The Labute approximate surface area is 222 Å². The van der Waals surface area contributed by atoms with Gasteiger partial charge in [0.25, 0.3) is 0 Å². The fraction of sp³-hybridized carbons (Fsp3) is 0.452. The van der Waals surface area contributed by atoms with Gasteiger partial charge in [-0.2, -0.15) is 0 Å². The molecule has 2 fully saturated rings. The van der Waals surface area contributed by atoms with Crippen molar-refractivity contribution < 1.29 is 33.0 Å². The van der Waals surface area contributed by atoms with Crippen molar-refractivity contribution in [3.8, 4) is 0 Å². The summed E-state index contributed by atoms with van der Waals surface area (Å²) >= 11 is 0. The lowest BCUT2D eigenvalue weighted by atomic mass is 9.44. The molecule has 5 rings (SSSR count). The summed E-state index contributed by atoms with van der Waals surface area (Å²) in [6.07, 6.45) is 6.88. The van der Waals surface area contributed by atoms with Gasteiger partial charge in [0, 0.05) is 23.8 Å². The maximum atomic E-state index is 14.2. The van der Waals surface area contributed by atoms with Crippen LogP contribution in [0.4, 0.5) is 0 Å². The quantitative estimate of drug-likeness (QED) is 0.451. The van der Waals surface area contributed by atoms with Crippen molar-refractivity contribution in [2.24, 2.45) is 28.6 Å². The van der Waals surface area contributed by atoms with Crippen molar-refractivity contribution in [1.82, 2.24) is 0 Å². The van der Waals surface area contributed by atoms with E-state index in [0.717, 1.165) is 17.5 Å². The van der Waals surface area contributed by atoms with Gasteiger partial charge >= 0.3 is 11.9 Å². The second-order valence-corrected chi connectivity index (χ2v) is 11.2. The number of hydrogen-bond donors (Lipinski definition) is 0. The Bertz CT molecular complexity index is 1260. The van der Waals surface area contributed by atoms with Gasteiger partial charge < -0.3 is 18.6 Å². The monoisotopic (exact) mass is 518 g/mol. The molecule has 7 heteroatoms. The average Bonchev–Trinajstić information content (AvgIpc) is 3.44. The molecule has 0 radical (unpaired) electrons. The summed E-state index contributed by atoms with van der Waals surface area (Å²) < 4.78 is 22.4. The Morgan fingerprint density at radius 1 is 1.13 bits per heavy atom. The molecule has 1 saturated heterocycles. The van der Waals surface area contributed by atoms with Gasteiger partial charge in [0.2, 0.25) is 5.78 Å². The van der Waals surface area contributed by atoms with Crippen LogP contribution in [0, 0.1) is 28.6 Å². The molecule has 3 aliphatic rings. The van der Waals surface area contributed by atoms with Crippen molar-refractivity contribution >= 4 is 17.7 Å². The van der Waals surface area contributed by atoms with Gasteiger partial charge in [0.05, 0.1) is 31.3 Å². The Balaban J connectivity index is 1.48. The molecule has 2 aliphatic carbocycles. The summed E-state index contributed by atoms with van der Waals surface area (Å²) in [6, 6.07) is 11.5. The number of allylic oxidation sites excluding steroid dienone is 2. The largest absolute Gasteiger partial charge is 0.490 e. The smallest absolute Gasteiger partial charge is 0.313 e. The normalized spacial score (nSPS) is 32.3. The molecule has 38 heavy (non-hydrogen) atoms. The number of Topliss-reactive ketones (excluding diaryl/α,β-unsaturated/α-hetero) is 1. The number of rotatable bonds is 6. The third-order valence-electron chi connectivity index (χ3n) is 8.98. The molecule has 0 bridgehead atoms. The maximum Gasteiger partial charge on any atom is 0.313 e. The molecule has 200 valence electrons. The van der Waals surface area contributed by atoms with Gasteiger partial charge in [-0.05, 0) is 54.2 Å². The summed E-state index contributed by atoms with van der Waals surface area (Å²) in [5, 5.41) is 0. The van der Waals surface area contributed by atoms with Crippen LogP contribution >= 0.6 is 0 Å². The molecule has 6 atom stereocenters. The molecule has 1 aromatic carbocycles. The molecule has 7 nitrogen and oxygen atoms in total. The lowest BCUT2D eigenvalue weighted by Crippen LogP contribution is -2.60. The molecule has 0 spiro atoms. The molecular weight excluding hydrogens is 484 g/mol. The topological polar surface area (TPSA) is 92.0 Å². The molecule has 2 heterocycles. The predicted octanol–water partition coefficient (Wildman–Crippen LogP) is 5.73. The Kier molecular flexibility index (Phi) is 6.80. The number of benzene rings is 1. The van der Waals surface area contributed by atoms with Crippen LogP contribution in [0.1, 0.15) is 56.8 Å². The first kappa shape index (κ1) is 26.0. The van der Waals surface area contributed by atoms with Crippen molar-refractivity contribution in [3.05, 3.63) is 84.2 Å². The Morgan fingerprint density at radius 2 is 1.89 bits per heavy atom. The molecule has 0 N–H and O–H groups in total. The highest BCUT2D eigenvalue weighted by molar-refractivity contribution is 6.01.